The van der Waals surface area contributed by atoms with E-state index in [1.165, 1.54) is 16.6 Å². The molecule has 0 radical (unpaired) electrons. The van der Waals surface area contributed by atoms with E-state index in [2.05, 4.69) is 76.4 Å². The van der Waals surface area contributed by atoms with Crippen molar-refractivity contribution in [3.63, 3.8) is 0 Å². The quantitative estimate of drug-likeness (QED) is 0.746. The predicted molar refractivity (Wildman–Crippen MR) is 114 cm³/mol. The number of hydrogen-bond acceptors (Lipinski definition) is 4. The second-order valence-electron chi connectivity index (χ2n) is 8.56. The summed E-state index contributed by atoms with van der Waals surface area (Å²) in [4.78, 5) is 2.46. The maximum Gasteiger partial charge on any atom is 0.0930 e. The molecule has 0 amide bonds. The number of rotatable bonds is 3. The molecule has 3 heterocycles. The van der Waals surface area contributed by atoms with Gasteiger partial charge in [-0.15, -0.1) is 0 Å². The lowest BCUT2D eigenvalue weighted by atomic mass is 9.74. The van der Waals surface area contributed by atoms with Crippen LogP contribution in [-0.4, -0.2) is 34.3 Å². The van der Waals surface area contributed by atoms with Gasteiger partial charge >= 0.3 is 0 Å². The molecule has 2 aromatic carbocycles. The minimum absolute atomic E-state index is 0.362. The van der Waals surface area contributed by atoms with Crippen LogP contribution in [0.3, 0.4) is 0 Å². The molecule has 148 valence electrons. The van der Waals surface area contributed by atoms with Gasteiger partial charge < -0.3 is 5.32 Å². The molecule has 2 aliphatic rings. The van der Waals surface area contributed by atoms with Gasteiger partial charge in [0.15, 0.2) is 0 Å². The maximum atomic E-state index is 10.1. The minimum atomic E-state index is -0.407. The Labute approximate surface area is 171 Å². The molecule has 0 aliphatic carbocycles. The Morgan fingerprint density at radius 3 is 2.72 bits per heavy atom. The molecular formula is C24H27N5. The molecule has 0 bridgehead atoms. The lowest BCUT2D eigenvalue weighted by Crippen LogP contribution is -2.41. The molecule has 3 aromatic rings. The molecule has 1 fully saturated rings. The second kappa shape index (κ2) is 7.29. The van der Waals surface area contributed by atoms with Crippen molar-refractivity contribution < 1.29 is 0 Å². The van der Waals surface area contributed by atoms with E-state index < -0.39 is 5.41 Å². The summed E-state index contributed by atoms with van der Waals surface area (Å²) in [6.45, 7) is 6.86. The highest BCUT2D eigenvalue weighted by molar-refractivity contribution is 5.83. The number of benzene rings is 2. The number of aromatic nitrogens is 2. The molecule has 1 atom stereocenters. The fourth-order valence-corrected chi connectivity index (χ4v) is 4.88. The number of piperidine rings is 1. The predicted octanol–water partition coefficient (Wildman–Crippen LogP) is 3.76. The van der Waals surface area contributed by atoms with Gasteiger partial charge in [0, 0.05) is 38.1 Å². The number of nitrogens with zero attached hydrogens (tertiary/aromatic N) is 4. The van der Waals surface area contributed by atoms with E-state index in [0.29, 0.717) is 6.04 Å². The third-order valence-corrected chi connectivity index (χ3v) is 6.68. The molecule has 1 aromatic heterocycles. The summed E-state index contributed by atoms with van der Waals surface area (Å²) in [5, 5.41) is 19.7. The van der Waals surface area contributed by atoms with Gasteiger partial charge in [-0.05, 0) is 37.0 Å². The van der Waals surface area contributed by atoms with Crippen molar-refractivity contribution in [3.05, 3.63) is 65.4 Å². The van der Waals surface area contributed by atoms with Crippen molar-refractivity contribution in [2.45, 2.75) is 44.3 Å². The van der Waals surface area contributed by atoms with E-state index in [1.54, 1.807) is 0 Å². The first-order valence-electron chi connectivity index (χ1n) is 10.6. The largest absolute Gasteiger partial charge is 0.309 e. The molecule has 5 rings (SSSR count). The van der Waals surface area contributed by atoms with Crippen LogP contribution < -0.4 is 5.32 Å². The van der Waals surface area contributed by atoms with E-state index >= 15 is 0 Å². The van der Waals surface area contributed by atoms with Crippen molar-refractivity contribution in [1.82, 2.24) is 20.0 Å². The maximum absolute atomic E-state index is 10.1. The van der Waals surface area contributed by atoms with Gasteiger partial charge in [-0.25, -0.2) is 0 Å². The molecule has 29 heavy (non-hydrogen) atoms. The fraction of sp³-hybridized carbons (Fsp3) is 0.417. The Morgan fingerprint density at radius 1 is 1.17 bits per heavy atom. The first-order chi connectivity index (χ1) is 14.2. The Balaban J connectivity index is 1.39. The van der Waals surface area contributed by atoms with Crippen LogP contribution in [0.5, 0.6) is 0 Å². The Kier molecular flexibility index (Phi) is 4.61. The van der Waals surface area contributed by atoms with E-state index in [-0.39, 0.29) is 0 Å². The highest BCUT2D eigenvalue weighted by atomic mass is 15.3. The number of likely N-dealkylation sites (tertiary alicyclic amines) is 1. The minimum Gasteiger partial charge on any atom is -0.309 e. The summed E-state index contributed by atoms with van der Waals surface area (Å²) >= 11 is 0. The zero-order chi connectivity index (χ0) is 19.8. The zero-order valence-electron chi connectivity index (χ0n) is 16.9. The van der Waals surface area contributed by atoms with Crippen molar-refractivity contribution in [2.75, 3.05) is 19.6 Å². The third kappa shape index (κ3) is 3.23. The molecule has 1 saturated heterocycles. The summed E-state index contributed by atoms with van der Waals surface area (Å²) in [6.07, 6.45) is 1.74. The Morgan fingerprint density at radius 2 is 1.97 bits per heavy atom. The van der Waals surface area contributed by atoms with Crippen LogP contribution in [0.2, 0.25) is 0 Å². The molecular weight excluding hydrogens is 358 g/mol. The molecule has 0 unspecified atom stereocenters. The number of nitriles is 1. The van der Waals surface area contributed by atoms with Gasteiger partial charge in [-0.1, -0.05) is 42.5 Å². The van der Waals surface area contributed by atoms with Crippen LogP contribution in [0, 0.1) is 11.3 Å². The molecule has 2 aliphatic heterocycles. The lowest BCUT2D eigenvalue weighted by Gasteiger charge is -2.37. The van der Waals surface area contributed by atoms with Crippen LogP contribution in [0.25, 0.3) is 10.9 Å². The van der Waals surface area contributed by atoms with Crippen LogP contribution >= 0.6 is 0 Å². The van der Waals surface area contributed by atoms with Gasteiger partial charge in [0.25, 0.3) is 0 Å². The summed E-state index contributed by atoms with van der Waals surface area (Å²) in [6, 6.07) is 20.2. The Hall–Kier alpha value is -2.68. The summed E-state index contributed by atoms with van der Waals surface area (Å²) in [7, 11) is 0. The normalized spacial score (nSPS) is 21.6. The van der Waals surface area contributed by atoms with Gasteiger partial charge in [0.1, 0.15) is 0 Å². The van der Waals surface area contributed by atoms with E-state index in [0.717, 1.165) is 56.6 Å². The highest BCUT2D eigenvalue weighted by Gasteiger charge is 2.37. The lowest BCUT2D eigenvalue weighted by molar-refractivity contribution is 0.179. The van der Waals surface area contributed by atoms with E-state index in [1.807, 2.05) is 0 Å². The summed E-state index contributed by atoms with van der Waals surface area (Å²) in [5.74, 6) is 0. The molecule has 0 spiro atoms. The Bertz CT molecular complexity index is 1050. The fourth-order valence-electron chi connectivity index (χ4n) is 4.88. The summed E-state index contributed by atoms with van der Waals surface area (Å²) < 4.78 is 2.16. The van der Waals surface area contributed by atoms with Gasteiger partial charge in [0.2, 0.25) is 0 Å². The van der Waals surface area contributed by atoms with Crippen LogP contribution in [-0.2, 0) is 18.5 Å². The first kappa shape index (κ1) is 18.4. The SMILES string of the molecule is C[C@@H]1CNCc2c3ccc(C4(C#N)CCN(Cc5ccccc5)CC4)cc3nn21. The number of hydrogen-bond donors (Lipinski definition) is 1. The van der Waals surface area contributed by atoms with E-state index in [9.17, 15) is 5.26 Å². The average molecular weight is 386 g/mol. The van der Waals surface area contributed by atoms with Gasteiger partial charge in [-0.2, -0.15) is 10.4 Å². The number of fused-ring (bicyclic) bond motifs is 3. The second-order valence-corrected chi connectivity index (χ2v) is 8.56. The van der Waals surface area contributed by atoms with Crippen LogP contribution in [0.4, 0.5) is 0 Å². The molecule has 0 saturated carbocycles. The third-order valence-electron chi connectivity index (χ3n) is 6.68. The smallest absolute Gasteiger partial charge is 0.0930 e. The standard InChI is InChI=1S/C24H27N5/c1-18-14-26-15-23-21-8-7-20(13-22(21)27-29(18)23)24(17-25)9-11-28(12-10-24)16-19-5-3-2-4-6-19/h2-8,13,18,26H,9-12,14-16H2,1H3/t18-/m1/s1. The average Bonchev–Trinajstić information content (AvgIpc) is 3.15. The highest BCUT2D eigenvalue weighted by Crippen LogP contribution is 2.37. The van der Waals surface area contributed by atoms with E-state index in [4.69, 9.17) is 5.10 Å². The molecule has 5 nitrogen and oxygen atoms in total. The van der Waals surface area contributed by atoms with Gasteiger partial charge in [-0.3, -0.25) is 9.58 Å². The summed E-state index contributed by atoms with van der Waals surface area (Å²) in [5.41, 5.74) is 4.34. The molecule has 1 N–H and O–H groups in total. The molecule has 5 heteroatoms. The zero-order valence-corrected chi connectivity index (χ0v) is 16.9. The van der Waals surface area contributed by atoms with Crippen molar-refractivity contribution in [2.24, 2.45) is 0 Å². The van der Waals surface area contributed by atoms with Crippen molar-refractivity contribution >= 4 is 10.9 Å². The number of nitrogens with one attached hydrogen (secondary N) is 1. The monoisotopic (exact) mass is 385 g/mol. The first-order valence-corrected chi connectivity index (χ1v) is 10.6. The van der Waals surface area contributed by atoms with Crippen LogP contribution in [0.1, 0.15) is 42.6 Å². The van der Waals surface area contributed by atoms with Crippen molar-refractivity contribution in [3.8, 4) is 6.07 Å². The van der Waals surface area contributed by atoms with Gasteiger partial charge in [0.05, 0.1) is 28.7 Å². The topological polar surface area (TPSA) is 56.9 Å². The van der Waals surface area contributed by atoms with Crippen LogP contribution in [0.15, 0.2) is 48.5 Å². The van der Waals surface area contributed by atoms with Crippen molar-refractivity contribution in [1.29, 1.82) is 5.26 Å².